The van der Waals surface area contributed by atoms with E-state index in [1.165, 1.54) is 0 Å². The van der Waals surface area contributed by atoms with Crippen LogP contribution in [-0.2, 0) is 4.79 Å². The number of amides is 2. The van der Waals surface area contributed by atoms with Crippen molar-refractivity contribution in [2.45, 2.75) is 45.1 Å². The van der Waals surface area contributed by atoms with Gasteiger partial charge in [-0.2, -0.15) is 0 Å². The van der Waals surface area contributed by atoms with E-state index in [-0.39, 0.29) is 12.5 Å². The number of aromatic nitrogens is 1. The number of aliphatic carboxylic acids is 1. The average molecular weight is 277 g/mol. The van der Waals surface area contributed by atoms with Crippen LogP contribution < -0.4 is 10.6 Å². The maximum Gasteiger partial charge on any atom is 0.319 e. The number of carboxylic acid groups (broad SMARTS) is 1. The molecule has 1 aromatic heterocycles. The molecule has 6 heteroatoms. The number of hydrogen-bond donors (Lipinski definition) is 3. The average Bonchev–Trinajstić information content (AvgIpc) is 2.29. The van der Waals surface area contributed by atoms with Gasteiger partial charge in [0.2, 0.25) is 0 Å². The van der Waals surface area contributed by atoms with E-state index in [4.69, 9.17) is 5.11 Å². The number of nitrogens with zero attached hydrogens (tertiary/aromatic N) is 1. The molecule has 0 saturated heterocycles. The number of rotatable bonds is 4. The van der Waals surface area contributed by atoms with Crippen LogP contribution in [0.25, 0.3) is 0 Å². The van der Waals surface area contributed by atoms with Crippen molar-refractivity contribution in [1.82, 2.24) is 10.3 Å². The Morgan fingerprint density at radius 1 is 1.35 bits per heavy atom. The van der Waals surface area contributed by atoms with Crippen molar-refractivity contribution in [2.75, 3.05) is 5.32 Å². The molecule has 0 unspecified atom stereocenters. The standard InChI is InChI=1S/C14H19N3O3/c1-9-4-5-11(10(2)15-9)16-13(20)17-14(6-3-7-14)8-12(18)19/h4-5H,3,6-8H2,1-2H3,(H,18,19)(H2,16,17,20). The summed E-state index contributed by atoms with van der Waals surface area (Å²) in [6.45, 7) is 3.70. The highest BCUT2D eigenvalue weighted by atomic mass is 16.4. The van der Waals surface area contributed by atoms with Gasteiger partial charge in [-0.1, -0.05) is 0 Å². The third kappa shape index (κ3) is 3.26. The number of aryl methyl sites for hydroxylation is 2. The van der Waals surface area contributed by atoms with E-state index in [0.717, 1.165) is 17.8 Å². The van der Waals surface area contributed by atoms with Crippen molar-refractivity contribution in [1.29, 1.82) is 0 Å². The lowest BCUT2D eigenvalue weighted by Crippen LogP contribution is -2.55. The quantitative estimate of drug-likeness (QED) is 0.787. The summed E-state index contributed by atoms with van der Waals surface area (Å²) in [7, 11) is 0. The predicted molar refractivity (Wildman–Crippen MR) is 74.7 cm³/mol. The van der Waals surface area contributed by atoms with Crippen LogP contribution in [0.15, 0.2) is 12.1 Å². The lowest BCUT2D eigenvalue weighted by molar-refractivity contribution is -0.139. The summed E-state index contributed by atoms with van der Waals surface area (Å²) in [6, 6.07) is 3.24. The molecule has 0 aliphatic heterocycles. The highest BCUT2D eigenvalue weighted by Gasteiger charge is 2.40. The fourth-order valence-electron chi connectivity index (χ4n) is 2.45. The number of carbonyl (C=O) groups excluding carboxylic acids is 1. The molecule has 6 nitrogen and oxygen atoms in total. The van der Waals surface area contributed by atoms with E-state index in [1.54, 1.807) is 6.07 Å². The number of anilines is 1. The summed E-state index contributed by atoms with van der Waals surface area (Å²) in [5, 5.41) is 14.4. The first kappa shape index (κ1) is 14.3. The first-order valence-electron chi connectivity index (χ1n) is 6.65. The van der Waals surface area contributed by atoms with E-state index in [1.807, 2.05) is 19.9 Å². The molecule has 1 aliphatic carbocycles. The Balaban J connectivity index is 1.99. The Labute approximate surface area is 117 Å². The summed E-state index contributed by atoms with van der Waals surface area (Å²) in [5.41, 5.74) is 1.66. The Morgan fingerprint density at radius 3 is 2.55 bits per heavy atom. The minimum Gasteiger partial charge on any atom is -0.481 e. The number of hydrogen-bond acceptors (Lipinski definition) is 3. The summed E-state index contributed by atoms with van der Waals surface area (Å²) >= 11 is 0. The van der Waals surface area contributed by atoms with Crippen LogP contribution in [0.2, 0.25) is 0 Å². The van der Waals surface area contributed by atoms with Gasteiger partial charge in [0.25, 0.3) is 0 Å². The van der Waals surface area contributed by atoms with Gasteiger partial charge in [-0.25, -0.2) is 4.79 Å². The number of urea groups is 1. The highest BCUT2D eigenvalue weighted by Crippen LogP contribution is 2.35. The molecule has 1 aromatic rings. The number of carbonyl (C=O) groups is 2. The van der Waals surface area contributed by atoms with Gasteiger partial charge in [0, 0.05) is 5.69 Å². The van der Waals surface area contributed by atoms with E-state index in [0.29, 0.717) is 18.5 Å². The molecule has 0 bridgehead atoms. The van der Waals surface area contributed by atoms with Crippen molar-refractivity contribution in [3.63, 3.8) is 0 Å². The molecule has 1 saturated carbocycles. The number of nitrogens with one attached hydrogen (secondary N) is 2. The third-order valence-electron chi connectivity index (χ3n) is 3.65. The molecule has 1 fully saturated rings. The van der Waals surface area contributed by atoms with Crippen LogP contribution in [-0.4, -0.2) is 27.6 Å². The normalized spacial score (nSPS) is 16.1. The summed E-state index contributed by atoms with van der Waals surface area (Å²) < 4.78 is 0. The second-order valence-corrected chi connectivity index (χ2v) is 5.37. The monoisotopic (exact) mass is 277 g/mol. The molecule has 1 heterocycles. The zero-order chi connectivity index (χ0) is 14.8. The maximum absolute atomic E-state index is 12.0. The number of pyridine rings is 1. The van der Waals surface area contributed by atoms with Gasteiger partial charge >= 0.3 is 12.0 Å². The molecule has 1 aliphatic rings. The topological polar surface area (TPSA) is 91.3 Å². The summed E-state index contributed by atoms with van der Waals surface area (Å²) in [4.78, 5) is 27.1. The Kier molecular flexibility index (Phi) is 3.92. The Hall–Kier alpha value is -2.11. The predicted octanol–water partition coefficient (Wildman–Crippen LogP) is 2.22. The van der Waals surface area contributed by atoms with Gasteiger partial charge in [-0.15, -0.1) is 0 Å². The Bertz CT molecular complexity index is 538. The Morgan fingerprint density at radius 2 is 2.05 bits per heavy atom. The zero-order valence-electron chi connectivity index (χ0n) is 11.7. The molecule has 0 atom stereocenters. The van der Waals surface area contributed by atoms with E-state index < -0.39 is 11.5 Å². The van der Waals surface area contributed by atoms with Crippen LogP contribution in [0.1, 0.15) is 37.1 Å². The summed E-state index contributed by atoms with van der Waals surface area (Å²) in [6.07, 6.45) is 2.32. The third-order valence-corrected chi connectivity index (χ3v) is 3.65. The fraction of sp³-hybridized carbons (Fsp3) is 0.500. The number of carboxylic acids is 1. The van der Waals surface area contributed by atoms with Gasteiger partial charge in [-0.05, 0) is 45.2 Å². The van der Waals surface area contributed by atoms with Crippen molar-refractivity contribution >= 4 is 17.7 Å². The second kappa shape index (κ2) is 5.48. The zero-order valence-corrected chi connectivity index (χ0v) is 11.7. The van der Waals surface area contributed by atoms with E-state index in [2.05, 4.69) is 15.6 Å². The van der Waals surface area contributed by atoms with Crippen LogP contribution in [0.3, 0.4) is 0 Å². The second-order valence-electron chi connectivity index (χ2n) is 5.37. The van der Waals surface area contributed by atoms with Gasteiger partial charge < -0.3 is 15.7 Å². The molecule has 2 rings (SSSR count). The largest absolute Gasteiger partial charge is 0.481 e. The molecule has 0 spiro atoms. The minimum atomic E-state index is -0.891. The molecule has 0 radical (unpaired) electrons. The maximum atomic E-state index is 12.0. The van der Waals surface area contributed by atoms with Crippen LogP contribution in [0.5, 0.6) is 0 Å². The van der Waals surface area contributed by atoms with Gasteiger partial charge in [0.15, 0.2) is 0 Å². The molecular weight excluding hydrogens is 258 g/mol. The SMILES string of the molecule is Cc1ccc(NC(=O)NC2(CC(=O)O)CCC2)c(C)n1. The summed E-state index contributed by atoms with van der Waals surface area (Å²) in [5.74, 6) is -0.891. The van der Waals surface area contributed by atoms with Crippen molar-refractivity contribution in [2.24, 2.45) is 0 Å². The molecular formula is C14H19N3O3. The van der Waals surface area contributed by atoms with Crippen molar-refractivity contribution < 1.29 is 14.7 Å². The smallest absolute Gasteiger partial charge is 0.319 e. The highest BCUT2D eigenvalue weighted by molar-refractivity contribution is 5.90. The van der Waals surface area contributed by atoms with E-state index in [9.17, 15) is 9.59 Å². The molecule has 3 N–H and O–H groups in total. The van der Waals surface area contributed by atoms with Gasteiger partial charge in [0.1, 0.15) is 0 Å². The minimum absolute atomic E-state index is 0.0362. The van der Waals surface area contributed by atoms with Crippen LogP contribution >= 0.6 is 0 Å². The molecule has 20 heavy (non-hydrogen) atoms. The molecule has 108 valence electrons. The van der Waals surface area contributed by atoms with Crippen molar-refractivity contribution in [3.05, 3.63) is 23.5 Å². The van der Waals surface area contributed by atoms with Crippen molar-refractivity contribution in [3.8, 4) is 0 Å². The van der Waals surface area contributed by atoms with Crippen LogP contribution in [0, 0.1) is 13.8 Å². The first-order valence-corrected chi connectivity index (χ1v) is 6.65. The fourth-order valence-corrected chi connectivity index (χ4v) is 2.45. The van der Waals surface area contributed by atoms with E-state index >= 15 is 0 Å². The lowest BCUT2D eigenvalue weighted by Gasteiger charge is -2.41. The first-order chi connectivity index (χ1) is 9.40. The molecule has 2 amide bonds. The lowest BCUT2D eigenvalue weighted by atomic mass is 9.74. The molecule has 0 aromatic carbocycles. The van der Waals surface area contributed by atoms with Crippen LogP contribution in [0.4, 0.5) is 10.5 Å². The van der Waals surface area contributed by atoms with Gasteiger partial charge in [0.05, 0.1) is 23.3 Å². The van der Waals surface area contributed by atoms with Gasteiger partial charge in [-0.3, -0.25) is 9.78 Å².